The molecule has 1 saturated heterocycles. The molecule has 2 aliphatic heterocycles. The first-order chi connectivity index (χ1) is 21.0. The molecule has 43 heavy (non-hydrogen) atoms. The Morgan fingerprint density at radius 3 is 2.51 bits per heavy atom. The molecule has 12 nitrogen and oxygen atoms in total. The van der Waals surface area contributed by atoms with Gasteiger partial charge in [0.2, 0.25) is 17.6 Å². The Kier molecular flexibility index (Phi) is 8.01. The predicted octanol–water partition coefficient (Wildman–Crippen LogP) is 3.44. The minimum absolute atomic E-state index is 0.333. The van der Waals surface area contributed by atoms with Crippen LogP contribution in [0.2, 0.25) is 0 Å². The highest BCUT2D eigenvalue weighted by molar-refractivity contribution is 5.84. The summed E-state index contributed by atoms with van der Waals surface area (Å²) in [6.45, 7) is 3.10. The van der Waals surface area contributed by atoms with Crippen LogP contribution in [-0.2, 0) is 24.3 Å². The second-order valence-corrected chi connectivity index (χ2v) is 10.7. The molecule has 4 aromatic rings. The van der Waals surface area contributed by atoms with E-state index in [1.807, 2.05) is 29.0 Å². The van der Waals surface area contributed by atoms with Crippen LogP contribution < -0.4 is 30.2 Å². The van der Waals surface area contributed by atoms with Gasteiger partial charge in [-0.1, -0.05) is 30.3 Å². The second-order valence-electron chi connectivity index (χ2n) is 10.7. The zero-order chi connectivity index (χ0) is 29.9. The van der Waals surface area contributed by atoms with Gasteiger partial charge in [0.25, 0.3) is 0 Å². The molecule has 0 saturated carbocycles. The number of hydrogen-bond donors (Lipinski definition) is 2. The van der Waals surface area contributed by atoms with E-state index in [1.54, 1.807) is 27.7 Å². The molecule has 1 unspecified atom stereocenters. The topological polar surface area (TPSA) is 133 Å². The van der Waals surface area contributed by atoms with Crippen molar-refractivity contribution in [2.75, 3.05) is 44.6 Å². The Hall–Kier alpha value is -4.84. The molecule has 2 aliphatic rings. The van der Waals surface area contributed by atoms with Gasteiger partial charge in [-0.3, -0.25) is 9.69 Å². The van der Waals surface area contributed by atoms with Crippen LogP contribution in [0.3, 0.4) is 0 Å². The minimum Gasteiger partial charge on any atom is -0.493 e. The summed E-state index contributed by atoms with van der Waals surface area (Å²) in [6, 6.07) is 13.7. The first-order valence-corrected chi connectivity index (χ1v) is 14.3. The molecule has 0 radical (unpaired) electrons. The fourth-order valence-electron chi connectivity index (χ4n) is 5.90. The lowest BCUT2D eigenvalue weighted by molar-refractivity contribution is -0.119. The van der Waals surface area contributed by atoms with Crippen molar-refractivity contribution in [3.8, 4) is 22.9 Å². The van der Waals surface area contributed by atoms with Crippen LogP contribution in [-0.4, -0.2) is 70.8 Å². The number of aromatic nitrogens is 4. The average Bonchev–Trinajstić information content (AvgIpc) is 3.71. The number of benzene rings is 2. The molecule has 2 aromatic heterocycles. The summed E-state index contributed by atoms with van der Waals surface area (Å²) in [5, 5.41) is 3.29. The molecule has 0 bridgehead atoms. The van der Waals surface area contributed by atoms with Gasteiger partial charge in [0, 0.05) is 50.3 Å². The molecule has 1 atom stereocenters. The van der Waals surface area contributed by atoms with Gasteiger partial charge in [-0.15, -0.1) is 0 Å². The molecule has 3 N–H and O–H groups in total. The van der Waals surface area contributed by atoms with Crippen LogP contribution in [0.15, 0.2) is 55.0 Å². The van der Waals surface area contributed by atoms with E-state index in [9.17, 15) is 4.79 Å². The number of imidazole rings is 1. The zero-order valence-corrected chi connectivity index (χ0v) is 24.6. The summed E-state index contributed by atoms with van der Waals surface area (Å²) in [5.74, 6) is 3.01. The Balaban J connectivity index is 1.31. The monoisotopic (exact) mass is 584 g/mol. The van der Waals surface area contributed by atoms with E-state index in [2.05, 4.69) is 44.4 Å². The van der Waals surface area contributed by atoms with Crippen LogP contribution in [0.4, 0.5) is 17.6 Å². The van der Waals surface area contributed by atoms with Crippen molar-refractivity contribution in [3.63, 3.8) is 0 Å². The number of methoxy groups -OCH3 is 3. The van der Waals surface area contributed by atoms with Crippen LogP contribution in [0.1, 0.15) is 29.7 Å². The van der Waals surface area contributed by atoms with E-state index in [1.165, 1.54) is 5.56 Å². The van der Waals surface area contributed by atoms with Gasteiger partial charge in [0.05, 0.1) is 38.9 Å². The molecule has 0 spiro atoms. The van der Waals surface area contributed by atoms with Gasteiger partial charge in [0.1, 0.15) is 18.2 Å². The van der Waals surface area contributed by atoms with Gasteiger partial charge >= 0.3 is 0 Å². The number of rotatable bonds is 10. The molecular formula is C31H36N8O4. The second kappa shape index (κ2) is 12.2. The maximum absolute atomic E-state index is 12.4. The lowest BCUT2D eigenvalue weighted by Gasteiger charge is -2.33. The predicted molar refractivity (Wildman–Crippen MR) is 162 cm³/mol. The molecule has 12 heteroatoms. The molecule has 1 amide bonds. The Morgan fingerprint density at radius 1 is 1.05 bits per heavy atom. The van der Waals surface area contributed by atoms with E-state index in [4.69, 9.17) is 29.9 Å². The zero-order valence-electron chi connectivity index (χ0n) is 24.6. The highest BCUT2D eigenvalue weighted by atomic mass is 16.5. The average molecular weight is 585 g/mol. The number of hydrogen-bond acceptors (Lipinski definition) is 10. The summed E-state index contributed by atoms with van der Waals surface area (Å²) in [6.07, 6.45) is 5.88. The Labute approximate surface area is 250 Å². The number of carbonyl (C=O) groups excluding carboxylic acids is 1. The largest absolute Gasteiger partial charge is 0.493 e. The maximum atomic E-state index is 12.4. The lowest BCUT2D eigenvalue weighted by atomic mass is 10.0. The molecule has 224 valence electrons. The van der Waals surface area contributed by atoms with Crippen LogP contribution in [0, 0.1) is 0 Å². The third-order valence-corrected chi connectivity index (χ3v) is 7.99. The number of nitrogens with zero attached hydrogens (tertiary/aromatic N) is 6. The van der Waals surface area contributed by atoms with Crippen LogP contribution in [0.5, 0.6) is 17.2 Å². The van der Waals surface area contributed by atoms with E-state index in [0.717, 1.165) is 48.7 Å². The third kappa shape index (κ3) is 5.78. The van der Waals surface area contributed by atoms with Crippen molar-refractivity contribution in [2.45, 2.75) is 38.4 Å². The summed E-state index contributed by atoms with van der Waals surface area (Å²) in [5.41, 5.74) is 9.87. The van der Waals surface area contributed by atoms with E-state index < -0.39 is 6.04 Å². The van der Waals surface area contributed by atoms with Crippen molar-refractivity contribution in [1.29, 1.82) is 0 Å². The third-order valence-electron chi connectivity index (χ3n) is 7.99. The molecule has 2 aromatic carbocycles. The first-order valence-electron chi connectivity index (χ1n) is 14.3. The van der Waals surface area contributed by atoms with Crippen molar-refractivity contribution in [1.82, 2.24) is 24.4 Å². The van der Waals surface area contributed by atoms with Crippen LogP contribution >= 0.6 is 0 Å². The Morgan fingerprint density at radius 2 is 1.81 bits per heavy atom. The molecular weight excluding hydrogens is 548 g/mol. The lowest BCUT2D eigenvalue weighted by Crippen LogP contribution is -2.42. The number of nitrogens with one attached hydrogen (secondary N) is 1. The highest BCUT2D eigenvalue weighted by Crippen LogP contribution is 2.39. The summed E-state index contributed by atoms with van der Waals surface area (Å²) >= 11 is 0. The smallest absolute Gasteiger partial charge is 0.240 e. The molecule has 1 fully saturated rings. The normalized spacial score (nSPS) is 16.5. The summed E-state index contributed by atoms with van der Waals surface area (Å²) in [4.78, 5) is 31.2. The fraction of sp³-hybridized carbons (Fsp3) is 0.355. The van der Waals surface area contributed by atoms with E-state index in [0.29, 0.717) is 48.5 Å². The van der Waals surface area contributed by atoms with Gasteiger partial charge in [-0.05, 0) is 18.4 Å². The molecule has 6 rings (SSSR count). The highest BCUT2D eigenvalue weighted by Gasteiger charge is 2.34. The quantitative estimate of drug-likeness (QED) is 0.286. The van der Waals surface area contributed by atoms with Gasteiger partial charge in [0.15, 0.2) is 17.3 Å². The number of nitrogens with two attached hydrogens (primary N) is 1. The van der Waals surface area contributed by atoms with E-state index in [-0.39, 0.29) is 5.91 Å². The number of ether oxygens (including phenoxy) is 3. The molecule has 0 aliphatic carbocycles. The van der Waals surface area contributed by atoms with Gasteiger partial charge < -0.3 is 34.7 Å². The fourth-order valence-corrected chi connectivity index (χ4v) is 5.90. The molecule has 4 heterocycles. The summed E-state index contributed by atoms with van der Waals surface area (Å²) in [7, 11) is 4.73. The first kappa shape index (κ1) is 28.3. The van der Waals surface area contributed by atoms with Gasteiger partial charge in [-0.25, -0.2) is 9.97 Å². The standard InChI is InChI=1S/C31H36N8O4/c1-41-25-14-21(15-26(42-2)28(25)43-3)38-18-27(33-19-38)35-31-34-23-11-13-37(16-20-8-5-4-6-9-20)17-22(23)30(36-31)39-12-7-10-24(39)29(32)40/h4-6,8-9,14-15,18-19,24H,7,10-13,16-17H2,1-3H3,(H2,32,40)(H,34,35,36). The van der Waals surface area contributed by atoms with Crippen molar-refractivity contribution in [2.24, 2.45) is 5.73 Å². The van der Waals surface area contributed by atoms with Crippen molar-refractivity contribution < 1.29 is 19.0 Å². The number of primary amides is 1. The number of amides is 1. The SMILES string of the molecule is COc1cc(-n2cnc(Nc3nc4c(c(N5CCCC5C(N)=O)n3)CN(Cc3ccccc3)CC4)c2)cc(OC)c1OC. The summed E-state index contributed by atoms with van der Waals surface area (Å²) < 4.78 is 18.3. The number of carbonyl (C=O) groups is 1. The Bertz CT molecular complexity index is 1580. The maximum Gasteiger partial charge on any atom is 0.240 e. The van der Waals surface area contributed by atoms with E-state index >= 15 is 0 Å². The van der Waals surface area contributed by atoms with Crippen molar-refractivity contribution in [3.05, 3.63) is 71.8 Å². The van der Waals surface area contributed by atoms with Crippen LogP contribution in [0.25, 0.3) is 5.69 Å². The number of anilines is 3. The van der Waals surface area contributed by atoms with Gasteiger partial charge in [-0.2, -0.15) is 4.98 Å². The number of fused-ring (bicyclic) bond motifs is 1. The van der Waals surface area contributed by atoms with Crippen molar-refractivity contribution >= 4 is 23.5 Å². The minimum atomic E-state index is -0.393.